The molecule has 0 spiro atoms. The Bertz CT molecular complexity index is 1300. The summed E-state index contributed by atoms with van der Waals surface area (Å²) in [6, 6.07) is 6.17. The van der Waals surface area contributed by atoms with Gasteiger partial charge in [0.1, 0.15) is 0 Å². The van der Waals surface area contributed by atoms with Crippen LogP contribution in [0.4, 0.5) is 0 Å². The monoisotopic (exact) mass is 485 g/mol. The van der Waals surface area contributed by atoms with E-state index in [-0.39, 0.29) is 12.2 Å². The van der Waals surface area contributed by atoms with Crippen molar-refractivity contribution in [2.45, 2.75) is 64.9 Å². The Morgan fingerprint density at radius 3 is 2.56 bits per heavy atom. The summed E-state index contributed by atoms with van der Waals surface area (Å²) in [6.07, 6.45) is 11.3. The minimum Gasteiger partial charge on any atom is -0.389 e. The summed E-state index contributed by atoms with van der Waals surface area (Å²) in [5, 5.41) is 14.5. The summed E-state index contributed by atoms with van der Waals surface area (Å²) < 4.78 is 1.74. The lowest BCUT2D eigenvalue weighted by Crippen LogP contribution is -2.40. The van der Waals surface area contributed by atoms with Crippen LogP contribution in [0, 0.1) is 13.8 Å². The number of β-amino-alcohol motifs (C(OH)–C–C–N with tert-alkyl or cyclic N) is 1. The van der Waals surface area contributed by atoms with E-state index in [9.17, 15) is 9.90 Å². The molecule has 4 heterocycles. The average molecular weight is 486 g/mol. The summed E-state index contributed by atoms with van der Waals surface area (Å²) in [7, 11) is 0. The van der Waals surface area contributed by atoms with Gasteiger partial charge in [-0.2, -0.15) is 5.10 Å². The first-order valence-corrected chi connectivity index (χ1v) is 12.8. The van der Waals surface area contributed by atoms with Crippen molar-refractivity contribution >= 4 is 11.4 Å². The summed E-state index contributed by atoms with van der Waals surface area (Å²) in [5.41, 5.74) is 6.22. The van der Waals surface area contributed by atoms with E-state index >= 15 is 0 Å². The Balaban J connectivity index is 1.26. The zero-order valence-electron chi connectivity index (χ0n) is 21.7. The number of nitrogens with zero attached hydrogens (tertiary/aromatic N) is 5. The number of hydrogen-bond donors (Lipinski definition) is 1. The first kappa shape index (κ1) is 24.5. The van der Waals surface area contributed by atoms with Crippen LogP contribution in [0.1, 0.15) is 77.5 Å². The molecule has 3 aromatic heterocycles. The van der Waals surface area contributed by atoms with Crippen LogP contribution in [-0.2, 0) is 6.42 Å². The molecule has 0 atom stereocenters. The van der Waals surface area contributed by atoms with Crippen LogP contribution in [0.2, 0.25) is 0 Å². The van der Waals surface area contributed by atoms with Crippen molar-refractivity contribution in [3.05, 3.63) is 76.5 Å². The number of rotatable bonds is 8. The van der Waals surface area contributed by atoms with E-state index in [1.807, 2.05) is 39.2 Å². The summed E-state index contributed by atoms with van der Waals surface area (Å²) in [6.45, 7) is 10.0. The Kier molecular flexibility index (Phi) is 6.62. The number of pyridine rings is 2. The highest BCUT2D eigenvalue weighted by Gasteiger charge is 2.24. The Morgan fingerprint density at radius 2 is 1.94 bits per heavy atom. The van der Waals surface area contributed by atoms with Gasteiger partial charge in [-0.05, 0) is 81.2 Å². The van der Waals surface area contributed by atoms with Gasteiger partial charge in [0.25, 0.3) is 0 Å². The lowest BCUT2D eigenvalue weighted by molar-refractivity contribution is 0.0397. The van der Waals surface area contributed by atoms with Gasteiger partial charge in [0.05, 0.1) is 28.7 Å². The largest absolute Gasteiger partial charge is 0.389 e. The molecule has 188 valence electrons. The topological polar surface area (TPSA) is 84.1 Å². The van der Waals surface area contributed by atoms with Gasteiger partial charge in [0.15, 0.2) is 11.6 Å². The molecule has 7 nitrogen and oxygen atoms in total. The molecule has 0 saturated heterocycles. The van der Waals surface area contributed by atoms with Crippen LogP contribution in [0.25, 0.3) is 11.4 Å². The highest BCUT2D eigenvalue weighted by molar-refractivity contribution is 5.98. The molecular weight excluding hydrogens is 450 g/mol. The molecule has 1 aliphatic heterocycles. The predicted octanol–water partition coefficient (Wildman–Crippen LogP) is 4.44. The quantitative estimate of drug-likeness (QED) is 0.475. The third-order valence-corrected chi connectivity index (χ3v) is 7.05. The number of carbonyl (C=O) groups is 1. The summed E-state index contributed by atoms with van der Waals surface area (Å²) in [4.78, 5) is 24.7. The Hall–Kier alpha value is -3.16. The minimum absolute atomic E-state index is 0.0291. The predicted molar refractivity (Wildman–Crippen MR) is 140 cm³/mol. The van der Waals surface area contributed by atoms with Gasteiger partial charge in [-0.25, -0.2) is 9.67 Å². The van der Waals surface area contributed by atoms with Crippen molar-refractivity contribution in [3.8, 4) is 5.82 Å². The molecule has 0 unspecified atom stereocenters. The van der Waals surface area contributed by atoms with Crippen LogP contribution in [0.15, 0.2) is 42.9 Å². The van der Waals surface area contributed by atoms with E-state index < -0.39 is 5.60 Å². The number of carbonyl (C=O) groups excluding carboxylic acids is 1. The van der Waals surface area contributed by atoms with Crippen molar-refractivity contribution in [1.29, 1.82) is 0 Å². The third-order valence-electron chi connectivity index (χ3n) is 7.05. The molecule has 36 heavy (non-hydrogen) atoms. The van der Waals surface area contributed by atoms with Gasteiger partial charge in [0.2, 0.25) is 0 Å². The third kappa shape index (κ3) is 5.47. The standard InChI is InChI=1S/C29H35N5O2/c1-19-13-21(15-31-28(19)23-9-11-33(12-10-23)18-29(3,4)36)14-26(35)25-17-32-34(20(25)2)27-8-7-24(16-30-27)22-5-6-22/h7-9,13,15-17,22,36H,5-6,10-12,14,18H2,1-4H3. The maximum absolute atomic E-state index is 13.1. The first-order chi connectivity index (χ1) is 17.2. The van der Waals surface area contributed by atoms with E-state index in [4.69, 9.17) is 4.98 Å². The number of hydrogen-bond acceptors (Lipinski definition) is 6. The van der Waals surface area contributed by atoms with Crippen LogP contribution < -0.4 is 0 Å². The molecule has 7 heteroatoms. The molecule has 0 bridgehead atoms. The maximum Gasteiger partial charge on any atom is 0.170 e. The normalized spacial score (nSPS) is 16.8. The number of aliphatic hydroxyl groups is 1. The van der Waals surface area contributed by atoms with Gasteiger partial charge in [0, 0.05) is 38.4 Å². The smallest absolute Gasteiger partial charge is 0.170 e. The van der Waals surface area contributed by atoms with Crippen molar-refractivity contribution in [2.75, 3.05) is 19.6 Å². The Labute approximate surface area is 212 Å². The van der Waals surface area contributed by atoms with E-state index in [0.29, 0.717) is 18.0 Å². The van der Waals surface area contributed by atoms with Crippen LogP contribution >= 0.6 is 0 Å². The Morgan fingerprint density at radius 1 is 1.14 bits per heavy atom. The van der Waals surface area contributed by atoms with E-state index in [2.05, 4.69) is 40.1 Å². The second-order valence-corrected chi connectivity index (χ2v) is 10.9. The highest BCUT2D eigenvalue weighted by atomic mass is 16.3. The molecule has 2 aliphatic rings. The maximum atomic E-state index is 13.1. The molecule has 1 fully saturated rings. The van der Waals surface area contributed by atoms with E-state index in [0.717, 1.165) is 47.8 Å². The zero-order chi connectivity index (χ0) is 25.4. The van der Waals surface area contributed by atoms with Crippen molar-refractivity contribution in [3.63, 3.8) is 0 Å². The molecule has 0 aromatic carbocycles. The van der Waals surface area contributed by atoms with E-state index in [1.54, 1.807) is 10.9 Å². The molecule has 0 radical (unpaired) electrons. The van der Waals surface area contributed by atoms with Gasteiger partial charge < -0.3 is 5.11 Å². The minimum atomic E-state index is -0.695. The van der Waals surface area contributed by atoms with E-state index in [1.165, 1.54) is 24.0 Å². The van der Waals surface area contributed by atoms with Gasteiger partial charge in [-0.1, -0.05) is 18.2 Å². The number of Topliss-reactive ketones (excluding diaryl/α,β-unsaturated/α-hetero) is 1. The second kappa shape index (κ2) is 9.71. The number of ketones is 1. The van der Waals surface area contributed by atoms with Crippen molar-refractivity contribution < 1.29 is 9.90 Å². The number of aryl methyl sites for hydroxylation is 1. The van der Waals surface area contributed by atoms with Crippen LogP contribution in [-0.4, -0.2) is 60.8 Å². The fraction of sp³-hybridized carbons (Fsp3) is 0.448. The molecule has 1 aliphatic carbocycles. The molecule has 1 saturated carbocycles. The second-order valence-electron chi connectivity index (χ2n) is 10.9. The lowest BCUT2D eigenvalue weighted by Gasteiger charge is -2.31. The van der Waals surface area contributed by atoms with Gasteiger partial charge in [-0.15, -0.1) is 0 Å². The van der Waals surface area contributed by atoms with Gasteiger partial charge in [-0.3, -0.25) is 14.7 Å². The summed E-state index contributed by atoms with van der Waals surface area (Å²) in [5.74, 6) is 1.43. The lowest BCUT2D eigenvalue weighted by atomic mass is 9.97. The van der Waals surface area contributed by atoms with Crippen LogP contribution in [0.5, 0.6) is 0 Å². The molecule has 0 amide bonds. The molecular formula is C29H35N5O2. The molecule has 1 N–H and O–H groups in total. The fourth-order valence-corrected chi connectivity index (χ4v) is 5.06. The van der Waals surface area contributed by atoms with Crippen molar-refractivity contribution in [1.82, 2.24) is 24.6 Å². The van der Waals surface area contributed by atoms with Gasteiger partial charge >= 0.3 is 0 Å². The molecule has 5 rings (SSSR count). The highest BCUT2D eigenvalue weighted by Crippen LogP contribution is 2.39. The average Bonchev–Trinajstić information content (AvgIpc) is 3.61. The fourth-order valence-electron chi connectivity index (χ4n) is 5.06. The van der Waals surface area contributed by atoms with Crippen LogP contribution in [0.3, 0.4) is 0 Å². The SMILES string of the molecule is Cc1cc(CC(=O)c2cnn(-c3ccc(C4CC4)cn3)c2C)cnc1C1=CCN(CC(C)(C)O)CC1. The molecule has 3 aromatic rings. The first-order valence-electron chi connectivity index (χ1n) is 12.8. The van der Waals surface area contributed by atoms with Crippen molar-refractivity contribution in [2.24, 2.45) is 0 Å². The zero-order valence-corrected chi connectivity index (χ0v) is 21.7. The summed E-state index contributed by atoms with van der Waals surface area (Å²) >= 11 is 0. The number of aromatic nitrogens is 4.